The molecule has 15 heavy (non-hydrogen) atoms. The van der Waals surface area contributed by atoms with E-state index in [1.165, 1.54) is 0 Å². The van der Waals surface area contributed by atoms with Gasteiger partial charge in [-0.1, -0.05) is 0 Å². The lowest BCUT2D eigenvalue weighted by molar-refractivity contribution is -0.0897. The normalized spacial score (nSPS) is 29.4. The van der Waals surface area contributed by atoms with Gasteiger partial charge in [0.25, 0.3) is 0 Å². The molecule has 0 bridgehead atoms. The minimum atomic E-state index is -0.380. The highest BCUT2D eigenvalue weighted by Crippen LogP contribution is 2.32. The van der Waals surface area contributed by atoms with Crippen LogP contribution in [0.3, 0.4) is 0 Å². The van der Waals surface area contributed by atoms with E-state index >= 15 is 0 Å². The van der Waals surface area contributed by atoms with Gasteiger partial charge >= 0.3 is 0 Å². The number of methoxy groups -OCH3 is 1. The summed E-state index contributed by atoms with van der Waals surface area (Å²) in [5.41, 5.74) is -0.486. The van der Waals surface area contributed by atoms with Gasteiger partial charge in [-0.2, -0.15) is 0 Å². The minimum Gasteiger partial charge on any atom is -0.390 e. The third-order valence-electron chi connectivity index (χ3n) is 3.53. The lowest BCUT2D eigenvalue weighted by atomic mass is 9.89. The Morgan fingerprint density at radius 2 is 2.20 bits per heavy atom. The molecule has 0 saturated carbocycles. The first-order chi connectivity index (χ1) is 6.90. The van der Waals surface area contributed by atoms with E-state index in [0.29, 0.717) is 0 Å². The molecule has 1 fully saturated rings. The van der Waals surface area contributed by atoms with Crippen molar-refractivity contribution in [1.29, 1.82) is 0 Å². The van der Waals surface area contributed by atoms with Crippen LogP contribution in [0.25, 0.3) is 0 Å². The molecular weight excluding hydrogens is 192 g/mol. The molecule has 0 radical (unpaired) electrons. The molecule has 0 aromatic rings. The molecule has 2 atom stereocenters. The van der Waals surface area contributed by atoms with Crippen LogP contribution in [-0.2, 0) is 9.47 Å². The zero-order valence-electron chi connectivity index (χ0n) is 10.4. The fourth-order valence-corrected chi connectivity index (χ4v) is 1.96. The van der Waals surface area contributed by atoms with Gasteiger partial charge in [0.1, 0.15) is 0 Å². The van der Waals surface area contributed by atoms with E-state index < -0.39 is 0 Å². The van der Waals surface area contributed by atoms with E-state index in [4.69, 9.17) is 9.47 Å². The quantitative estimate of drug-likeness (QED) is 0.765. The highest BCUT2D eigenvalue weighted by atomic mass is 16.5. The van der Waals surface area contributed by atoms with Gasteiger partial charge in [0.05, 0.1) is 17.3 Å². The molecule has 3 heteroatoms. The summed E-state index contributed by atoms with van der Waals surface area (Å²) in [5, 5.41) is 10.1. The molecule has 0 aromatic heterocycles. The Bertz CT molecular complexity index is 195. The molecule has 1 heterocycles. The van der Waals surface area contributed by atoms with Crippen LogP contribution in [-0.4, -0.2) is 36.1 Å². The van der Waals surface area contributed by atoms with E-state index in [1.54, 1.807) is 7.11 Å². The van der Waals surface area contributed by atoms with Gasteiger partial charge in [-0.05, 0) is 46.5 Å². The highest BCUT2D eigenvalue weighted by Gasteiger charge is 2.37. The number of aliphatic hydroxyl groups excluding tert-OH is 1. The summed E-state index contributed by atoms with van der Waals surface area (Å²) in [5.74, 6) is 0. The van der Waals surface area contributed by atoms with Gasteiger partial charge in [-0.25, -0.2) is 0 Å². The first-order valence-corrected chi connectivity index (χ1v) is 5.77. The Morgan fingerprint density at radius 3 is 2.67 bits per heavy atom. The average molecular weight is 216 g/mol. The van der Waals surface area contributed by atoms with Crippen LogP contribution in [0.15, 0.2) is 0 Å². The van der Waals surface area contributed by atoms with E-state index in [0.717, 1.165) is 32.3 Å². The lowest BCUT2D eigenvalue weighted by Crippen LogP contribution is -2.40. The monoisotopic (exact) mass is 216 g/mol. The van der Waals surface area contributed by atoms with E-state index in [1.807, 2.05) is 20.8 Å². The molecule has 1 aliphatic rings. The predicted octanol–water partition coefficient (Wildman–Crippen LogP) is 2.12. The van der Waals surface area contributed by atoms with Crippen LogP contribution >= 0.6 is 0 Å². The molecule has 1 aliphatic heterocycles. The summed E-state index contributed by atoms with van der Waals surface area (Å²) in [4.78, 5) is 0. The summed E-state index contributed by atoms with van der Waals surface area (Å²) in [6, 6.07) is 0. The van der Waals surface area contributed by atoms with E-state index in [-0.39, 0.29) is 17.3 Å². The van der Waals surface area contributed by atoms with Gasteiger partial charge in [0, 0.05) is 13.7 Å². The molecule has 0 amide bonds. The van der Waals surface area contributed by atoms with Crippen molar-refractivity contribution in [3.05, 3.63) is 0 Å². The second-order valence-corrected chi connectivity index (χ2v) is 5.28. The maximum atomic E-state index is 10.1. The van der Waals surface area contributed by atoms with Gasteiger partial charge in [0.15, 0.2) is 0 Å². The molecule has 1 saturated heterocycles. The van der Waals surface area contributed by atoms with Crippen molar-refractivity contribution in [2.75, 3.05) is 13.7 Å². The highest BCUT2D eigenvalue weighted by molar-refractivity contribution is 4.88. The Kier molecular flexibility index (Phi) is 4.15. The van der Waals surface area contributed by atoms with Crippen molar-refractivity contribution in [1.82, 2.24) is 0 Å². The van der Waals surface area contributed by atoms with Crippen LogP contribution in [0.2, 0.25) is 0 Å². The van der Waals surface area contributed by atoms with Gasteiger partial charge in [-0.3, -0.25) is 0 Å². The van der Waals surface area contributed by atoms with Crippen LogP contribution < -0.4 is 0 Å². The smallest absolute Gasteiger partial charge is 0.0913 e. The number of hydrogen-bond donors (Lipinski definition) is 1. The van der Waals surface area contributed by atoms with Crippen LogP contribution in [0, 0.1) is 0 Å². The minimum absolute atomic E-state index is 0.157. The second kappa shape index (κ2) is 4.81. The van der Waals surface area contributed by atoms with Crippen molar-refractivity contribution >= 4 is 0 Å². The fraction of sp³-hybridized carbons (Fsp3) is 1.00. The standard InChI is InChI=1S/C12H24O3/c1-11(2,14-4)8-6-10(13)12(3)7-5-9-15-12/h10,13H,5-9H2,1-4H3. The summed E-state index contributed by atoms with van der Waals surface area (Å²) < 4.78 is 10.9. The van der Waals surface area contributed by atoms with E-state index in [9.17, 15) is 5.11 Å². The zero-order chi connectivity index (χ0) is 11.5. The van der Waals surface area contributed by atoms with Crippen LogP contribution in [0.1, 0.15) is 46.5 Å². The topological polar surface area (TPSA) is 38.7 Å². The Balaban J connectivity index is 2.38. The molecule has 90 valence electrons. The van der Waals surface area contributed by atoms with Crippen LogP contribution in [0.4, 0.5) is 0 Å². The first-order valence-electron chi connectivity index (χ1n) is 5.77. The Labute approximate surface area is 92.8 Å². The Hall–Kier alpha value is -0.120. The Morgan fingerprint density at radius 1 is 1.53 bits per heavy atom. The zero-order valence-corrected chi connectivity index (χ0v) is 10.4. The second-order valence-electron chi connectivity index (χ2n) is 5.28. The molecule has 2 unspecified atom stereocenters. The average Bonchev–Trinajstić information content (AvgIpc) is 2.63. The lowest BCUT2D eigenvalue weighted by Gasteiger charge is -2.32. The number of hydrogen-bond acceptors (Lipinski definition) is 3. The van der Waals surface area contributed by atoms with Crippen LogP contribution in [0.5, 0.6) is 0 Å². The van der Waals surface area contributed by atoms with Crippen molar-refractivity contribution in [3.63, 3.8) is 0 Å². The number of rotatable bonds is 5. The summed E-state index contributed by atoms with van der Waals surface area (Å²) >= 11 is 0. The third kappa shape index (κ3) is 3.44. The maximum absolute atomic E-state index is 10.1. The SMILES string of the molecule is COC(C)(C)CCC(O)C1(C)CCCO1. The summed E-state index contributed by atoms with van der Waals surface area (Å²) in [6.07, 6.45) is 3.22. The van der Waals surface area contributed by atoms with Crippen molar-refractivity contribution < 1.29 is 14.6 Å². The predicted molar refractivity (Wildman–Crippen MR) is 59.9 cm³/mol. The molecule has 0 aliphatic carbocycles. The first kappa shape index (κ1) is 12.9. The summed E-state index contributed by atoms with van der Waals surface area (Å²) in [6.45, 7) is 6.86. The number of ether oxygens (including phenoxy) is 2. The van der Waals surface area contributed by atoms with Gasteiger partial charge < -0.3 is 14.6 Å². The molecule has 0 aromatic carbocycles. The third-order valence-corrected chi connectivity index (χ3v) is 3.53. The molecule has 0 spiro atoms. The largest absolute Gasteiger partial charge is 0.390 e. The fourth-order valence-electron chi connectivity index (χ4n) is 1.96. The van der Waals surface area contributed by atoms with Crippen molar-refractivity contribution in [2.24, 2.45) is 0 Å². The van der Waals surface area contributed by atoms with Gasteiger partial charge in [-0.15, -0.1) is 0 Å². The van der Waals surface area contributed by atoms with Gasteiger partial charge in [0.2, 0.25) is 0 Å². The number of aliphatic hydroxyl groups is 1. The molecular formula is C12H24O3. The molecule has 1 rings (SSSR count). The van der Waals surface area contributed by atoms with E-state index in [2.05, 4.69) is 0 Å². The van der Waals surface area contributed by atoms with Crippen molar-refractivity contribution in [2.45, 2.75) is 63.8 Å². The molecule has 3 nitrogen and oxygen atoms in total. The van der Waals surface area contributed by atoms with Crippen molar-refractivity contribution in [3.8, 4) is 0 Å². The molecule has 1 N–H and O–H groups in total. The summed E-state index contributed by atoms with van der Waals surface area (Å²) in [7, 11) is 1.71. The maximum Gasteiger partial charge on any atom is 0.0913 e.